The van der Waals surface area contributed by atoms with Crippen molar-refractivity contribution in [1.29, 1.82) is 0 Å². The molecule has 0 saturated heterocycles. The summed E-state index contributed by atoms with van der Waals surface area (Å²) in [6.45, 7) is 0. The fraction of sp³-hybridized carbons (Fsp3) is 0.0714. The zero-order valence-corrected chi connectivity index (χ0v) is 11.7. The van der Waals surface area contributed by atoms with Gasteiger partial charge >= 0.3 is 0 Å². The first-order valence-corrected chi connectivity index (χ1v) is 6.22. The van der Waals surface area contributed by atoms with Gasteiger partial charge in [0.1, 0.15) is 17.4 Å². The third-order valence-corrected chi connectivity index (χ3v) is 3.27. The number of carbonyl (C=O) groups is 1. The Morgan fingerprint density at radius 3 is 2.40 bits per heavy atom. The number of hydrogen-bond donors (Lipinski definition) is 0. The molecule has 2 nitrogen and oxygen atoms in total. The molecule has 2 rings (SSSR count). The first kappa shape index (κ1) is 14.8. The minimum absolute atomic E-state index is 0.131. The Morgan fingerprint density at radius 2 is 1.75 bits per heavy atom. The molecule has 0 aromatic heterocycles. The number of rotatable bonds is 3. The SMILES string of the molecule is COc1cc(C(=O)c2cc(F)c(Cl)cc2F)ccc1Cl. The van der Waals surface area contributed by atoms with Crippen LogP contribution in [0.3, 0.4) is 0 Å². The van der Waals surface area contributed by atoms with E-state index in [1.54, 1.807) is 0 Å². The van der Waals surface area contributed by atoms with E-state index < -0.39 is 23.0 Å². The van der Waals surface area contributed by atoms with Crippen molar-refractivity contribution < 1.29 is 18.3 Å². The summed E-state index contributed by atoms with van der Waals surface area (Å²) in [6, 6.07) is 5.73. The third kappa shape index (κ3) is 2.76. The van der Waals surface area contributed by atoms with Crippen molar-refractivity contribution in [2.45, 2.75) is 0 Å². The van der Waals surface area contributed by atoms with Gasteiger partial charge in [0.05, 0.1) is 22.7 Å². The van der Waals surface area contributed by atoms with E-state index >= 15 is 0 Å². The highest BCUT2D eigenvalue weighted by Gasteiger charge is 2.18. The number of ether oxygens (including phenoxy) is 1. The smallest absolute Gasteiger partial charge is 0.196 e. The van der Waals surface area contributed by atoms with Crippen LogP contribution in [-0.2, 0) is 0 Å². The molecule has 0 fully saturated rings. The van der Waals surface area contributed by atoms with Gasteiger partial charge in [-0.15, -0.1) is 0 Å². The molecule has 6 heteroatoms. The Kier molecular flexibility index (Phi) is 4.26. The molecule has 0 aliphatic carbocycles. The summed E-state index contributed by atoms with van der Waals surface area (Å²) in [4.78, 5) is 12.2. The molecule has 0 spiro atoms. The molecule has 0 saturated carbocycles. The van der Waals surface area contributed by atoms with E-state index in [9.17, 15) is 13.6 Å². The largest absolute Gasteiger partial charge is 0.495 e. The monoisotopic (exact) mass is 316 g/mol. The molecule has 0 bridgehead atoms. The van der Waals surface area contributed by atoms with Crippen LogP contribution < -0.4 is 4.74 Å². The van der Waals surface area contributed by atoms with E-state index in [2.05, 4.69) is 0 Å². The minimum Gasteiger partial charge on any atom is -0.495 e. The predicted octanol–water partition coefficient (Wildman–Crippen LogP) is 4.51. The lowest BCUT2D eigenvalue weighted by Gasteiger charge is -2.07. The molecule has 0 unspecified atom stereocenters. The standard InChI is InChI=1S/C14H8Cl2F2O2/c1-20-13-4-7(2-3-9(13)15)14(19)8-5-12(18)10(16)6-11(8)17/h2-6H,1H3. The maximum atomic E-state index is 13.7. The van der Waals surface area contributed by atoms with Crippen molar-refractivity contribution in [2.24, 2.45) is 0 Å². The lowest BCUT2D eigenvalue weighted by Crippen LogP contribution is -2.05. The van der Waals surface area contributed by atoms with Gasteiger partial charge in [0.25, 0.3) is 0 Å². The minimum atomic E-state index is -0.893. The van der Waals surface area contributed by atoms with Crippen LogP contribution in [0.1, 0.15) is 15.9 Å². The zero-order valence-electron chi connectivity index (χ0n) is 10.2. The summed E-state index contributed by atoms with van der Waals surface area (Å²) in [5.41, 5.74) is -0.275. The topological polar surface area (TPSA) is 26.3 Å². The van der Waals surface area contributed by atoms with Gasteiger partial charge in [0.2, 0.25) is 0 Å². The van der Waals surface area contributed by atoms with Gasteiger partial charge in [-0.25, -0.2) is 8.78 Å². The summed E-state index contributed by atoms with van der Waals surface area (Å²) in [5.74, 6) is -2.17. The Morgan fingerprint density at radius 1 is 1.05 bits per heavy atom. The van der Waals surface area contributed by atoms with Gasteiger partial charge in [-0.1, -0.05) is 23.2 Å². The molecule has 2 aromatic carbocycles. The summed E-state index contributed by atoms with van der Waals surface area (Å²) in [6.07, 6.45) is 0. The molecule has 2 aromatic rings. The number of ketones is 1. The fourth-order valence-corrected chi connectivity index (χ4v) is 2.00. The molecule has 0 aliphatic rings. The van der Waals surface area contributed by atoms with E-state index in [-0.39, 0.29) is 16.3 Å². The highest BCUT2D eigenvalue weighted by Crippen LogP contribution is 2.27. The first-order chi connectivity index (χ1) is 9.43. The van der Waals surface area contributed by atoms with E-state index in [0.717, 1.165) is 12.1 Å². The summed E-state index contributed by atoms with van der Waals surface area (Å²) in [5, 5.41) is -0.0699. The van der Waals surface area contributed by atoms with Gasteiger partial charge in [-0.2, -0.15) is 0 Å². The number of halogens is 4. The average Bonchev–Trinajstić information content (AvgIpc) is 2.42. The first-order valence-electron chi connectivity index (χ1n) is 5.47. The second-order valence-corrected chi connectivity index (χ2v) is 4.74. The molecule has 0 atom stereocenters. The lowest BCUT2D eigenvalue weighted by atomic mass is 10.0. The van der Waals surface area contributed by atoms with Crippen molar-refractivity contribution in [1.82, 2.24) is 0 Å². The number of hydrogen-bond acceptors (Lipinski definition) is 2. The van der Waals surface area contributed by atoms with Crippen LogP contribution in [0.25, 0.3) is 0 Å². The van der Waals surface area contributed by atoms with Gasteiger partial charge in [0.15, 0.2) is 5.78 Å². The molecule has 0 amide bonds. The van der Waals surface area contributed by atoms with Gasteiger partial charge in [0, 0.05) is 5.56 Å². The second kappa shape index (κ2) is 5.77. The Labute approximate surface area is 123 Å². The van der Waals surface area contributed by atoms with Crippen molar-refractivity contribution in [3.63, 3.8) is 0 Å². The van der Waals surface area contributed by atoms with Crippen molar-refractivity contribution in [3.8, 4) is 5.75 Å². The molecular weight excluding hydrogens is 309 g/mol. The van der Waals surface area contributed by atoms with Crippen LogP contribution in [0.2, 0.25) is 10.0 Å². The van der Waals surface area contributed by atoms with Gasteiger partial charge < -0.3 is 4.74 Å². The number of carbonyl (C=O) groups excluding carboxylic acids is 1. The van der Waals surface area contributed by atoms with Crippen LogP contribution in [-0.4, -0.2) is 12.9 Å². The van der Waals surface area contributed by atoms with Crippen LogP contribution in [0.4, 0.5) is 8.78 Å². The van der Waals surface area contributed by atoms with Crippen LogP contribution in [0.5, 0.6) is 5.75 Å². The molecule has 0 radical (unpaired) electrons. The Balaban J connectivity index is 2.49. The number of methoxy groups -OCH3 is 1. The van der Waals surface area contributed by atoms with E-state index in [4.69, 9.17) is 27.9 Å². The van der Waals surface area contributed by atoms with Crippen molar-refractivity contribution in [2.75, 3.05) is 7.11 Å². The normalized spacial score (nSPS) is 10.4. The summed E-state index contributed by atoms with van der Waals surface area (Å²) in [7, 11) is 1.39. The van der Waals surface area contributed by atoms with Crippen LogP contribution >= 0.6 is 23.2 Å². The van der Waals surface area contributed by atoms with Crippen molar-refractivity contribution in [3.05, 3.63) is 63.1 Å². The maximum Gasteiger partial charge on any atom is 0.196 e. The molecule has 20 heavy (non-hydrogen) atoms. The summed E-state index contributed by atoms with van der Waals surface area (Å²) < 4.78 is 32.0. The second-order valence-electron chi connectivity index (χ2n) is 3.92. The third-order valence-electron chi connectivity index (χ3n) is 2.67. The lowest BCUT2D eigenvalue weighted by molar-refractivity contribution is 0.103. The average molecular weight is 317 g/mol. The fourth-order valence-electron chi connectivity index (χ4n) is 1.65. The summed E-state index contributed by atoms with van der Waals surface area (Å²) >= 11 is 11.3. The maximum absolute atomic E-state index is 13.7. The van der Waals surface area contributed by atoms with E-state index in [1.807, 2.05) is 0 Å². The highest BCUT2D eigenvalue weighted by molar-refractivity contribution is 6.32. The molecule has 0 N–H and O–H groups in total. The zero-order chi connectivity index (χ0) is 14.9. The quantitative estimate of drug-likeness (QED) is 0.615. The number of benzene rings is 2. The van der Waals surface area contributed by atoms with Gasteiger partial charge in [-0.3, -0.25) is 4.79 Å². The van der Waals surface area contributed by atoms with Crippen molar-refractivity contribution >= 4 is 29.0 Å². The Bertz CT molecular complexity index is 687. The van der Waals surface area contributed by atoms with Gasteiger partial charge in [-0.05, 0) is 30.3 Å². The van der Waals surface area contributed by atoms with Crippen LogP contribution in [0.15, 0.2) is 30.3 Å². The van der Waals surface area contributed by atoms with Crippen LogP contribution in [0, 0.1) is 11.6 Å². The highest BCUT2D eigenvalue weighted by atomic mass is 35.5. The Hall–Kier alpha value is -1.65. The molecule has 0 heterocycles. The molecular formula is C14H8Cl2F2O2. The van der Waals surface area contributed by atoms with E-state index in [0.29, 0.717) is 5.02 Å². The predicted molar refractivity (Wildman–Crippen MR) is 72.8 cm³/mol. The van der Waals surface area contributed by atoms with E-state index in [1.165, 1.54) is 25.3 Å². The molecule has 0 aliphatic heterocycles. The molecule has 104 valence electrons.